The summed E-state index contributed by atoms with van der Waals surface area (Å²) in [5, 5.41) is 8.39. The van der Waals surface area contributed by atoms with Crippen molar-refractivity contribution in [1.29, 1.82) is 0 Å². The fourth-order valence-corrected chi connectivity index (χ4v) is 4.45. The number of carbonyl (C=O) groups excluding carboxylic acids is 1. The number of aromatic amines is 1. The zero-order valence-electron chi connectivity index (χ0n) is 17.7. The van der Waals surface area contributed by atoms with Crippen LogP contribution < -0.4 is 5.43 Å². The van der Waals surface area contributed by atoms with Crippen LogP contribution in [0.25, 0.3) is 11.0 Å². The smallest absolute Gasteiger partial charge is 0.246 e. The van der Waals surface area contributed by atoms with E-state index in [0.717, 1.165) is 41.0 Å². The number of nitrogens with zero attached hydrogens (tertiary/aromatic N) is 4. The lowest BCUT2D eigenvalue weighted by Gasteiger charge is -2.39. The second-order valence-electron chi connectivity index (χ2n) is 8.79. The van der Waals surface area contributed by atoms with Gasteiger partial charge in [-0.05, 0) is 37.3 Å². The standard InChI is InChI=1S/C22H28N6O/c1-14-15(13-24-28(14)5)12-23-27-20(29)22(4)11-10-16(21(22,2)3)19-25-17-8-6-7-9-18(17)26-19/h6-9,12-13,16H,10-11H2,1-5H3,(H,25,26)(H,27,29)/b23-12-/t16-,22+/m0/s1. The number of H-pyrrole nitrogens is 1. The number of amides is 1. The molecular formula is C22H28N6O. The molecule has 0 unspecified atom stereocenters. The molecule has 1 fully saturated rings. The van der Waals surface area contributed by atoms with E-state index in [1.165, 1.54) is 0 Å². The van der Waals surface area contributed by atoms with Crippen LogP contribution in [0.5, 0.6) is 0 Å². The molecule has 152 valence electrons. The minimum atomic E-state index is -0.544. The van der Waals surface area contributed by atoms with Crippen molar-refractivity contribution < 1.29 is 4.79 Å². The lowest BCUT2D eigenvalue weighted by atomic mass is 9.65. The van der Waals surface area contributed by atoms with Crippen LogP contribution in [-0.4, -0.2) is 31.9 Å². The normalized spacial score (nSPS) is 23.8. The van der Waals surface area contributed by atoms with Gasteiger partial charge in [0, 0.05) is 24.2 Å². The summed E-state index contributed by atoms with van der Waals surface area (Å²) in [5.41, 5.74) is 5.84. The van der Waals surface area contributed by atoms with Gasteiger partial charge in [0.05, 0.1) is 28.9 Å². The Balaban J connectivity index is 1.54. The van der Waals surface area contributed by atoms with E-state index < -0.39 is 5.41 Å². The summed E-state index contributed by atoms with van der Waals surface area (Å²) < 4.78 is 1.78. The Morgan fingerprint density at radius 2 is 2.10 bits per heavy atom. The molecule has 2 heterocycles. The molecule has 0 bridgehead atoms. The van der Waals surface area contributed by atoms with Crippen LogP contribution in [0.1, 0.15) is 56.6 Å². The van der Waals surface area contributed by atoms with E-state index in [2.05, 4.69) is 34.5 Å². The Bertz CT molecular complexity index is 1060. The minimum absolute atomic E-state index is 0.0566. The first-order valence-electron chi connectivity index (χ1n) is 10.0. The van der Waals surface area contributed by atoms with E-state index in [9.17, 15) is 4.79 Å². The van der Waals surface area contributed by atoms with Crippen LogP contribution in [0.15, 0.2) is 35.6 Å². The molecule has 0 radical (unpaired) electrons. The molecule has 0 saturated heterocycles. The van der Waals surface area contributed by atoms with Crippen LogP contribution in [-0.2, 0) is 11.8 Å². The van der Waals surface area contributed by atoms with Gasteiger partial charge in [-0.2, -0.15) is 10.2 Å². The van der Waals surface area contributed by atoms with Crippen molar-refractivity contribution in [3.8, 4) is 0 Å². The summed E-state index contributed by atoms with van der Waals surface area (Å²) in [6.07, 6.45) is 5.09. The molecule has 4 rings (SSSR count). The van der Waals surface area contributed by atoms with Crippen molar-refractivity contribution in [2.75, 3.05) is 0 Å². The van der Waals surface area contributed by atoms with Crippen molar-refractivity contribution >= 4 is 23.2 Å². The predicted octanol–water partition coefficient (Wildman–Crippen LogP) is 3.67. The predicted molar refractivity (Wildman–Crippen MR) is 114 cm³/mol. The molecule has 29 heavy (non-hydrogen) atoms. The van der Waals surface area contributed by atoms with Crippen LogP contribution in [0.2, 0.25) is 0 Å². The zero-order valence-corrected chi connectivity index (χ0v) is 17.7. The number of nitrogens with one attached hydrogen (secondary N) is 2. The van der Waals surface area contributed by atoms with E-state index in [0.29, 0.717) is 0 Å². The Morgan fingerprint density at radius 3 is 2.79 bits per heavy atom. The molecule has 1 saturated carbocycles. The highest BCUT2D eigenvalue weighted by Gasteiger charge is 2.57. The maximum atomic E-state index is 13.1. The molecule has 1 aromatic carbocycles. The second-order valence-corrected chi connectivity index (χ2v) is 8.79. The van der Waals surface area contributed by atoms with Gasteiger partial charge in [-0.15, -0.1) is 0 Å². The first kappa shape index (κ1) is 19.4. The first-order chi connectivity index (χ1) is 13.7. The van der Waals surface area contributed by atoms with Crippen molar-refractivity contribution in [3.63, 3.8) is 0 Å². The minimum Gasteiger partial charge on any atom is -0.342 e. The van der Waals surface area contributed by atoms with Crippen LogP contribution >= 0.6 is 0 Å². The summed E-state index contributed by atoms with van der Waals surface area (Å²) >= 11 is 0. The van der Waals surface area contributed by atoms with Gasteiger partial charge in [0.1, 0.15) is 5.82 Å². The monoisotopic (exact) mass is 392 g/mol. The third-order valence-corrected chi connectivity index (χ3v) is 7.11. The van der Waals surface area contributed by atoms with Crippen LogP contribution in [0, 0.1) is 17.8 Å². The van der Waals surface area contributed by atoms with Crippen LogP contribution in [0.4, 0.5) is 0 Å². The van der Waals surface area contributed by atoms with Crippen molar-refractivity contribution in [1.82, 2.24) is 25.2 Å². The SMILES string of the molecule is Cc1c(/C=N\NC(=O)[C@@]2(C)CC[C@@H](c3nc4ccccc4[nH]3)C2(C)C)cnn1C. The molecule has 0 aliphatic heterocycles. The number of imidazole rings is 1. The summed E-state index contributed by atoms with van der Waals surface area (Å²) in [7, 11) is 1.88. The van der Waals surface area contributed by atoms with Gasteiger partial charge in [-0.25, -0.2) is 10.4 Å². The quantitative estimate of drug-likeness (QED) is 0.525. The average molecular weight is 393 g/mol. The van der Waals surface area contributed by atoms with Crippen molar-refractivity contribution in [3.05, 3.63) is 47.5 Å². The summed E-state index contributed by atoms with van der Waals surface area (Å²) in [4.78, 5) is 21.4. The molecule has 7 heteroatoms. The fourth-order valence-electron chi connectivity index (χ4n) is 4.45. The molecule has 0 spiro atoms. The number of hydrogen-bond acceptors (Lipinski definition) is 4. The first-order valence-corrected chi connectivity index (χ1v) is 10.0. The molecule has 2 atom stereocenters. The Morgan fingerprint density at radius 1 is 1.34 bits per heavy atom. The number of aryl methyl sites for hydroxylation is 1. The van der Waals surface area contributed by atoms with Crippen molar-refractivity contribution in [2.45, 2.75) is 46.5 Å². The topological polar surface area (TPSA) is 88.0 Å². The molecule has 1 aliphatic carbocycles. The van der Waals surface area contributed by atoms with E-state index in [1.807, 2.05) is 45.2 Å². The number of aromatic nitrogens is 4. The number of benzene rings is 1. The number of carbonyl (C=O) groups is 1. The highest BCUT2D eigenvalue weighted by Crippen LogP contribution is 2.59. The molecule has 7 nitrogen and oxygen atoms in total. The van der Waals surface area contributed by atoms with E-state index >= 15 is 0 Å². The highest BCUT2D eigenvalue weighted by atomic mass is 16.2. The molecular weight excluding hydrogens is 364 g/mol. The number of para-hydroxylation sites is 2. The second kappa shape index (κ2) is 6.83. The summed E-state index contributed by atoms with van der Waals surface area (Å²) in [6, 6.07) is 8.04. The van der Waals surface area contributed by atoms with E-state index in [1.54, 1.807) is 17.1 Å². The third kappa shape index (κ3) is 3.05. The molecule has 3 aromatic rings. The lowest BCUT2D eigenvalue weighted by Crippen LogP contribution is -2.45. The lowest BCUT2D eigenvalue weighted by molar-refractivity contribution is -0.135. The number of hydrazone groups is 1. The number of fused-ring (bicyclic) bond motifs is 1. The van der Waals surface area contributed by atoms with Gasteiger partial charge < -0.3 is 4.98 Å². The maximum absolute atomic E-state index is 13.1. The fraction of sp³-hybridized carbons (Fsp3) is 0.455. The van der Waals surface area contributed by atoms with Gasteiger partial charge in [-0.1, -0.05) is 32.9 Å². The Kier molecular flexibility index (Phi) is 4.56. The van der Waals surface area contributed by atoms with Gasteiger partial charge in [0.15, 0.2) is 0 Å². The molecule has 2 N–H and O–H groups in total. The maximum Gasteiger partial charge on any atom is 0.246 e. The summed E-state index contributed by atoms with van der Waals surface area (Å²) in [5.74, 6) is 1.08. The zero-order chi connectivity index (χ0) is 20.8. The Labute approximate surface area is 170 Å². The van der Waals surface area contributed by atoms with Gasteiger partial charge >= 0.3 is 0 Å². The molecule has 2 aromatic heterocycles. The number of hydrogen-bond donors (Lipinski definition) is 2. The van der Waals surface area contributed by atoms with E-state index in [4.69, 9.17) is 4.98 Å². The molecule has 1 aliphatic rings. The van der Waals surface area contributed by atoms with Gasteiger partial charge in [-0.3, -0.25) is 9.48 Å². The van der Waals surface area contributed by atoms with Gasteiger partial charge in [0.2, 0.25) is 5.91 Å². The van der Waals surface area contributed by atoms with Crippen molar-refractivity contribution in [2.24, 2.45) is 23.0 Å². The Hall–Kier alpha value is -2.96. The largest absolute Gasteiger partial charge is 0.342 e. The average Bonchev–Trinajstić information content (AvgIpc) is 3.32. The number of rotatable bonds is 4. The van der Waals surface area contributed by atoms with Crippen LogP contribution in [0.3, 0.4) is 0 Å². The summed E-state index contributed by atoms with van der Waals surface area (Å²) in [6.45, 7) is 8.32. The van der Waals surface area contributed by atoms with Gasteiger partial charge in [0.25, 0.3) is 0 Å². The third-order valence-electron chi connectivity index (χ3n) is 7.11. The highest BCUT2D eigenvalue weighted by molar-refractivity contribution is 5.86. The molecule has 1 amide bonds. The van der Waals surface area contributed by atoms with E-state index in [-0.39, 0.29) is 17.2 Å².